The number of aromatic nitrogens is 1. The standard InChI is InChI=1S/C13H17N5O5/c1-6-10(12(21)11(20)8(5-19)23-6)16-13(22)7-2-3-9(15-4-7)17-18-14/h2-4,6,8,10-12,19-21H,5H2,1H3,(H,16,22)/t6-,8?,10?,11+,12-/m1/s1. The van der Waals surface area contributed by atoms with Gasteiger partial charge in [-0.05, 0) is 29.7 Å². The normalized spacial score (nSPS) is 30.3. The van der Waals surface area contributed by atoms with E-state index in [1.807, 2.05) is 0 Å². The fourth-order valence-corrected chi connectivity index (χ4v) is 2.36. The number of amides is 1. The summed E-state index contributed by atoms with van der Waals surface area (Å²) in [5.41, 5.74) is 8.49. The Bertz CT molecular complexity index is 603. The zero-order valence-electron chi connectivity index (χ0n) is 12.3. The molecule has 2 rings (SSSR count). The third-order valence-electron chi connectivity index (χ3n) is 3.63. The van der Waals surface area contributed by atoms with E-state index in [0.717, 1.165) is 0 Å². The highest BCUT2D eigenvalue weighted by Crippen LogP contribution is 2.21. The molecule has 2 heterocycles. The Morgan fingerprint density at radius 1 is 1.48 bits per heavy atom. The zero-order valence-corrected chi connectivity index (χ0v) is 12.3. The van der Waals surface area contributed by atoms with Gasteiger partial charge in [-0.3, -0.25) is 9.78 Å². The predicted octanol–water partition coefficient (Wildman–Crippen LogP) is -0.377. The summed E-state index contributed by atoms with van der Waals surface area (Å²) in [5, 5.41) is 34.9. The van der Waals surface area contributed by atoms with Crippen LogP contribution in [0.25, 0.3) is 10.4 Å². The van der Waals surface area contributed by atoms with Crippen LogP contribution in [0.4, 0.5) is 5.82 Å². The summed E-state index contributed by atoms with van der Waals surface area (Å²) >= 11 is 0. The fraction of sp³-hybridized carbons (Fsp3) is 0.538. The van der Waals surface area contributed by atoms with Crippen molar-refractivity contribution in [3.63, 3.8) is 0 Å². The molecule has 0 bridgehead atoms. The van der Waals surface area contributed by atoms with E-state index in [1.165, 1.54) is 18.3 Å². The van der Waals surface area contributed by atoms with Gasteiger partial charge in [-0.15, -0.1) is 0 Å². The SMILES string of the molecule is C[C@H]1OC(CO)[C@H](O)[C@H](O)C1NC(=O)c1ccc(N=[N+]=[N-])nc1. The number of nitrogens with one attached hydrogen (secondary N) is 1. The Hall–Kier alpha value is -2.23. The molecule has 5 atom stereocenters. The molecule has 10 heteroatoms. The first-order valence-corrected chi connectivity index (χ1v) is 6.92. The molecular weight excluding hydrogens is 306 g/mol. The van der Waals surface area contributed by atoms with Crippen molar-refractivity contribution >= 4 is 11.7 Å². The second-order valence-corrected chi connectivity index (χ2v) is 5.14. The van der Waals surface area contributed by atoms with E-state index in [-0.39, 0.29) is 11.4 Å². The van der Waals surface area contributed by atoms with Crippen LogP contribution in [0.5, 0.6) is 0 Å². The summed E-state index contributed by atoms with van der Waals surface area (Å²) in [6, 6.07) is 1.94. The molecule has 1 aromatic rings. The molecule has 0 spiro atoms. The molecule has 10 nitrogen and oxygen atoms in total. The van der Waals surface area contributed by atoms with Gasteiger partial charge in [-0.25, -0.2) is 0 Å². The molecule has 1 saturated heterocycles. The minimum Gasteiger partial charge on any atom is -0.394 e. The van der Waals surface area contributed by atoms with Gasteiger partial charge in [-0.1, -0.05) is 0 Å². The van der Waals surface area contributed by atoms with E-state index >= 15 is 0 Å². The first-order valence-electron chi connectivity index (χ1n) is 6.92. The van der Waals surface area contributed by atoms with Crippen molar-refractivity contribution in [3.05, 3.63) is 34.3 Å². The molecule has 4 N–H and O–H groups in total. The van der Waals surface area contributed by atoms with Gasteiger partial charge in [0.15, 0.2) is 0 Å². The minimum atomic E-state index is -1.31. The Labute approximate surface area is 131 Å². The molecule has 1 aliphatic rings. The molecule has 124 valence electrons. The van der Waals surface area contributed by atoms with Gasteiger partial charge in [0.25, 0.3) is 5.91 Å². The number of azide groups is 1. The Balaban J connectivity index is 2.08. The largest absolute Gasteiger partial charge is 0.394 e. The highest BCUT2D eigenvalue weighted by atomic mass is 16.5. The van der Waals surface area contributed by atoms with Crippen molar-refractivity contribution in [2.24, 2.45) is 5.11 Å². The van der Waals surface area contributed by atoms with E-state index in [4.69, 9.17) is 15.4 Å². The predicted molar refractivity (Wildman–Crippen MR) is 77.7 cm³/mol. The number of aliphatic hydroxyl groups is 3. The maximum absolute atomic E-state index is 12.2. The van der Waals surface area contributed by atoms with Crippen LogP contribution in [0, 0.1) is 0 Å². The molecule has 23 heavy (non-hydrogen) atoms. The lowest BCUT2D eigenvalue weighted by atomic mass is 9.93. The Kier molecular flexibility index (Phi) is 5.48. The van der Waals surface area contributed by atoms with Crippen LogP contribution in [0.15, 0.2) is 23.4 Å². The first-order chi connectivity index (χ1) is 11.0. The maximum atomic E-state index is 12.2. The van der Waals surface area contributed by atoms with Crippen molar-refractivity contribution in [2.45, 2.75) is 37.4 Å². The molecule has 1 aliphatic heterocycles. The number of carbonyl (C=O) groups excluding carboxylic acids is 1. The van der Waals surface area contributed by atoms with Crippen molar-refractivity contribution < 1.29 is 24.9 Å². The van der Waals surface area contributed by atoms with E-state index in [9.17, 15) is 15.0 Å². The minimum absolute atomic E-state index is 0.125. The van der Waals surface area contributed by atoms with Crippen LogP contribution in [-0.4, -0.2) is 63.3 Å². The van der Waals surface area contributed by atoms with Gasteiger partial charge in [0.1, 0.15) is 24.1 Å². The number of rotatable bonds is 4. The number of ether oxygens (including phenoxy) is 1. The average Bonchev–Trinajstić information content (AvgIpc) is 2.55. The summed E-state index contributed by atoms with van der Waals surface area (Å²) in [7, 11) is 0. The van der Waals surface area contributed by atoms with Crippen molar-refractivity contribution in [3.8, 4) is 0 Å². The monoisotopic (exact) mass is 323 g/mol. The van der Waals surface area contributed by atoms with Crippen LogP contribution in [0.1, 0.15) is 17.3 Å². The molecule has 0 saturated carbocycles. The summed E-state index contributed by atoms with van der Waals surface area (Å²) in [4.78, 5) is 18.6. The van der Waals surface area contributed by atoms with Gasteiger partial charge in [0.05, 0.1) is 24.3 Å². The quantitative estimate of drug-likeness (QED) is 0.335. The number of pyridine rings is 1. The van der Waals surface area contributed by atoms with Gasteiger partial charge in [-0.2, -0.15) is 0 Å². The lowest BCUT2D eigenvalue weighted by Crippen LogP contribution is -2.63. The highest BCUT2D eigenvalue weighted by Gasteiger charge is 2.43. The number of hydrogen-bond acceptors (Lipinski definition) is 7. The summed E-state index contributed by atoms with van der Waals surface area (Å²) in [6.07, 6.45) is -2.88. The van der Waals surface area contributed by atoms with Crippen LogP contribution < -0.4 is 5.32 Å². The number of hydrogen-bond donors (Lipinski definition) is 4. The molecule has 0 aliphatic carbocycles. The maximum Gasteiger partial charge on any atom is 0.253 e. The Morgan fingerprint density at radius 3 is 2.78 bits per heavy atom. The molecule has 1 amide bonds. The lowest BCUT2D eigenvalue weighted by molar-refractivity contribution is -0.187. The van der Waals surface area contributed by atoms with Crippen LogP contribution >= 0.6 is 0 Å². The smallest absolute Gasteiger partial charge is 0.253 e. The lowest BCUT2D eigenvalue weighted by Gasteiger charge is -2.41. The van der Waals surface area contributed by atoms with Gasteiger partial charge < -0.3 is 25.4 Å². The zero-order chi connectivity index (χ0) is 17.0. The number of carbonyl (C=O) groups is 1. The van der Waals surface area contributed by atoms with Gasteiger partial charge in [0, 0.05) is 11.1 Å². The summed E-state index contributed by atoms with van der Waals surface area (Å²) in [5.74, 6) is -0.404. The molecule has 1 aromatic heterocycles. The molecule has 0 aromatic carbocycles. The second-order valence-electron chi connectivity index (χ2n) is 5.14. The molecule has 0 radical (unpaired) electrons. The number of nitrogens with zero attached hydrogens (tertiary/aromatic N) is 4. The third-order valence-corrected chi connectivity index (χ3v) is 3.63. The van der Waals surface area contributed by atoms with Crippen molar-refractivity contribution in [2.75, 3.05) is 6.61 Å². The van der Waals surface area contributed by atoms with Crippen LogP contribution in [-0.2, 0) is 4.74 Å². The topological polar surface area (TPSA) is 161 Å². The molecule has 1 fully saturated rings. The van der Waals surface area contributed by atoms with E-state index in [1.54, 1.807) is 6.92 Å². The van der Waals surface area contributed by atoms with Crippen LogP contribution in [0.2, 0.25) is 0 Å². The van der Waals surface area contributed by atoms with E-state index in [0.29, 0.717) is 0 Å². The summed E-state index contributed by atoms with van der Waals surface area (Å²) < 4.78 is 5.37. The molecular formula is C13H17N5O5. The summed E-state index contributed by atoms with van der Waals surface area (Å²) in [6.45, 7) is 1.18. The fourth-order valence-electron chi connectivity index (χ4n) is 2.36. The third kappa shape index (κ3) is 3.76. The first kappa shape index (κ1) is 17.1. The molecule has 2 unspecified atom stereocenters. The highest BCUT2D eigenvalue weighted by molar-refractivity contribution is 5.94. The van der Waals surface area contributed by atoms with Crippen molar-refractivity contribution in [1.82, 2.24) is 10.3 Å². The van der Waals surface area contributed by atoms with Crippen molar-refractivity contribution in [1.29, 1.82) is 0 Å². The van der Waals surface area contributed by atoms with Crippen LogP contribution in [0.3, 0.4) is 0 Å². The van der Waals surface area contributed by atoms with Gasteiger partial charge in [0.2, 0.25) is 0 Å². The second kappa shape index (κ2) is 7.36. The number of aliphatic hydroxyl groups excluding tert-OH is 3. The van der Waals surface area contributed by atoms with E-state index in [2.05, 4.69) is 20.3 Å². The van der Waals surface area contributed by atoms with Gasteiger partial charge >= 0.3 is 0 Å². The van der Waals surface area contributed by atoms with E-state index < -0.39 is 43.0 Å². The Morgan fingerprint density at radius 2 is 2.22 bits per heavy atom. The average molecular weight is 323 g/mol.